The average molecular weight is 413 g/mol. The lowest BCUT2D eigenvalue weighted by Gasteiger charge is -2.38. The van der Waals surface area contributed by atoms with Crippen LogP contribution in [0.5, 0.6) is 0 Å². The number of anilines is 1. The molecule has 1 aromatic heterocycles. The Bertz CT molecular complexity index is 733. The van der Waals surface area contributed by atoms with Gasteiger partial charge in [-0.1, -0.05) is 13.3 Å². The topological polar surface area (TPSA) is 64.9 Å². The van der Waals surface area contributed by atoms with Crippen molar-refractivity contribution in [3.63, 3.8) is 0 Å². The van der Waals surface area contributed by atoms with Crippen molar-refractivity contribution in [1.29, 1.82) is 5.26 Å². The maximum absolute atomic E-state index is 13.6. The summed E-state index contributed by atoms with van der Waals surface area (Å²) in [4.78, 5) is 12.1. The summed E-state index contributed by atoms with van der Waals surface area (Å²) in [5, 5.41) is 11.3. The van der Waals surface area contributed by atoms with Gasteiger partial charge in [-0.05, 0) is 31.2 Å². The van der Waals surface area contributed by atoms with Crippen LogP contribution < -0.4 is 10.6 Å². The first-order valence-corrected chi connectivity index (χ1v) is 9.05. The van der Waals surface area contributed by atoms with E-state index < -0.39 is 35.3 Å². The summed E-state index contributed by atoms with van der Waals surface area (Å²) in [5.74, 6) is -1.42. The highest BCUT2D eigenvalue weighted by molar-refractivity contribution is 7.16. The first-order chi connectivity index (χ1) is 12.5. The normalized spacial score (nSPS) is 15.5. The van der Waals surface area contributed by atoms with Crippen LogP contribution in [-0.2, 0) is 17.6 Å². The molecular weight excluding hydrogens is 396 g/mol. The maximum Gasteiger partial charge on any atom is 0.439 e. The van der Waals surface area contributed by atoms with Gasteiger partial charge in [0.2, 0.25) is 5.91 Å². The van der Waals surface area contributed by atoms with E-state index in [2.05, 4.69) is 0 Å². The molecule has 2 rings (SSSR count). The zero-order chi connectivity index (χ0) is 20.5. The van der Waals surface area contributed by atoms with Crippen molar-refractivity contribution in [2.45, 2.75) is 63.5 Å². The molecule has 1 aromatic rings. The van der Waals surface area contributed by atoms with Crippen LogP contribution in [0.15, 0.2) is 0 Å². The number of carbonyl (C=O) groups is 1. The Morgan fingerprint density at radius 2 is 1.70 bits per heavy atom. The van der Waals surface area contributed by atoms with Crippen molar-refractivity contribution in [2.75, 3.05) is 5.32 Å². The minimum absolute atomic E-state index is 0.222. The predicted molar refractivity (Wildman–Crippen MR) is 87.2 cm³/mol. The Morgan fingerprint density at radius 3 is 2.22 bits per heavy atom. The number of amides is 1. The van der Waals surface area contributed by atoms with Gasteiger partial charge < -0.3 is 10.6 Å². The number of fused-ring (bicyclic) bond motifs is 1. The number of rotatable bonds is 4. The van der Waals surface area contributed by atoms with Gasteiger partial charge in [-0.3, -0.25) is 4.79 Å². The third-order valence-corrected chi connectivity index (χ3v) is 5.54. The molecule has 0 aromatic carbocycles. The van der Waals surface area contributed by atoms with Gasteiger partial charge in [-0.2, -0.15) is 31.6 Å². The largest absolute Gasteiger partial charge is 0.439 e. The van der Waals surface area contributed by atoms with Crippen LogP contribution in [0, 0.1) is 11.3 Å². The molecule has 0 bridgehead atoms. The van der Waals surface area contributed by atoms with Gasteiger partial charge in [-0.15, -0.1) is 11.3 Å². The van der Waals surface area contributed by atoms with Crippen LogP contribution in [0.1, 0.15) is 48.6 Å². The van der Waals surface area contributed by atoms with Crippen LogP contribution in [-0.4, -0.2) is 23.9 Å². The Balaban J connectivity index is 2.59. The summed E-state index contributed by atoms with van der Waals surface area (Å²) < 4.78 is 81.4. The van der Waals surface area contributed by atoms with Crippen LogP contribution in [0.2, 0.25) is 0 Å². The number of alkyl halides is 6. The third-order valence-electron chi connectivity index (χ3n) is 4.33. The molecule has 1 heterocycles. The van der Waals surface area contributed by atoms with E-state index >= 15 is 0 Å². The van der Waals surface area contributed by atoms with Crippen molar-refractivity contribution < 1.29 is 31.1 Å². The summed E-state index contributed by atoms with van der Waals surface area (Å²) in [6, 6.07) is 1.72. The number of carbonyl (C=O) groups excluding carboxylic acids is 1. The summed E-state index contributed by atoms with van der Waals surface area (Å²) in [6.07, 6.45) is -9.11. The second-order valence-corrected chi connectivity index (χ2v) is 7.26. The van der Waals surface area contributed by atoms with E-state index in [4.69, 9.17) is 0 Å². The van der Waals surface area contributed by atoms with E-state index in [1.165, 1.54) is 5.32 Å². The van der Waals surface area contributed by atoms with Gasteiger partial charge in [0.1, 0.15) is 11.1 Å². The minimum atomic E-state index is -5.88. The molecule has 150 valence electrons. The summed E-state index contributed by atoms with van der Waals surface area (Å²) in [7, 11) is 0. The number of thiophene rings is 1. The highest BCUT2D eigenvalue weighted by Gasteiger charge is 2.72. The monoisotopic (exact) mass is 413 g/mol. The zero-order valence-corrected chi connectivity index (χ0v) is 15.1. The van der Waals surface area contributed by atoms with E-state index in [1.54, 1.807) is 6.07 Å². The average Bonchev–Trinajstić information content (AvgIpc) is 2.71. The van der Waals surface area contributed by atoms with Gasteiger partial charge in [0.05, 0.1) is 5.56 Å². The SMILES string of the molecule is CCC(=O)NC(Nc1sc2c(c1C#N)CCCCC2)(C(F)(F)F)C(F)(F)F. The first kappa shape index (κ1) is 21.3. The Morgan fingerprint density at radius 1 is 1.11 bits per heavy atom. The lowest BCUT2D eigenvalue weighted by Crippen LogP contribution is -2.72. The number of nitrogens with one attached hydrogen (secondary N) is 2. The zero-order valence-electron chi connectivity index (χ0n) is 14.3. The minimum Gasteiger partial charge on any atom is -0.338 e. The molecular formula is C16H17F6N3OS. The number of nitrogens with zero attached hydrogens (tertiary/aromatic N) is 1. The molecule has 1 aliphatic carbocycles. The fraction of sp³-hybridized carbons (Fsp3) is 0.625. The van der Waals surface area contributed by atoms with Crippen molar-refractivity contribution in [1.82, 2.24) is 5.32 Å². The second-order valence-electron chi connectivity index (χ2n) is 6.15. The summed E-state index contributed by atoms with van der Waals surface area (Å²) >= 11 is 0.709. The fourth-order valence-electron chi connectivity index (χ4n) is 2.89. The fourth-order valence-corrected chi connectivity index (χ4v) is 4.19. The highest BCUT2D eigenvalue weighted by Crippen LogP contribution is 2.46. The summed E-state index contributed by atoms with van der Waals surface area (Å²) in [5.41, 5.74) is -4.41. The van der Waals surface area contributed by atoms with Crippen molar-refractivity contribution >= 4 is 22.2 Å². The number of halogens is 6. The van der Waals surface area contributed by atoms with Crippen LogP contribution in [0.3, 0.4) is 0 Å². The number of hydrogen-bond acceptors (Lipinski definition) is 4. The molecule has 4 nitrogen and oxygen atoms in total. The van der Waals surface area contributed by atoms with Crippen molar-refractivity contribution in [3.05, 3.63) is 16.0 Å². The number of aryl methyl sites for hydroxylation is 1. The number of hydrogen-bond donors (Lipinski definition) is 2. The maximum atomic E-state index is 13.6. The third kappa shape index (κ3) is 4.00. The van der Waals surface area contributed by atoms with Crippen LogP contribution >= 0.6 is 11.3 Å². The quantitative estimate of drug-likeness (QED) is 0.429. The van der Waals surface area contributed by atoms with E-state index in [-0.39, 0.29) is 5.56 Å². The molecule has 0 radical (unpaired) electrons. The molecule has 1 amide bonds. The van der Waals surface area contributed by atoms with Gasteiger partial charge in [-0.25, -0.2) is 0 Å². The Labute approximate surface area is 155 Å². The lowest BCUT2D eigenvalue weighted by atomic mass is 10.0. The van der Waals surface area contributed by atoms with E-state index in [1.807, 2.05) is 0 Å². The van der Waals surface area contributed by atoms with Crippen molar-refractivity contribution in [3.8, 4) is 6.07 Å². The molecule has 2 N–H and O–H groups in total. The molecule has 1 aliphatic rings. The molecule has 0 saturated heterocycles. The first-order valence-electron chi connectivity index (χ1n) is 8.24. The van der Waals surface area contributed by atoms with Crippen molar-refractivity contribution in [2.24, 2.45) is 0 Å². The van der Waals surface area contributed by atoms with Gasteiger partial charge >= 0.3 is 18.0 Å². The Kier molecular flexibility index (Phi) is 5.99. The molecule has 0 fully saturated rings. The molecule has 0 spiro atoms. The molecule has 11 heteroatoms. The molecule has 27 heavy (non-hydrogen) atoms. The second kappa shape index (κ2) is 7.58. The Hall–Kier alpha value is -1.96. The highest BCUT2D eigenvalue weighted by atomic mass is 32.1. The predicted octanol–water partition coefficient (Wildman–Crippen LogP) is 4.65. The molecule has 0 unspecified atom stereocenters. The standard InChI is InChI=1S/C16H17F6N3OS/c1-2-12(26)24-14(15(17,18)19,16(20,21)22)25-13-10(8-23)9-6-4-3-5-7-11(9)27-13/h25H,2-7H2,1H3,(H,24,26). The molecule has 0 atom stereocenters. The van der Waals surface area contributed by atoms with Crippen LogP contribution in [0.25, 0.3) is 0 Å². The molecule has 0 aliphatic heterocycles. The van der Waals surface area contributed by atoms with E-state index in [0.717, 1.165) is 25.1 Å². The smallest absolute Gasteiger partial charge is 0.338 e. The van der Waals surface area contributed by atoms with Gasteiger partial charge in [0.15, 0.2) is 0 Å². The lowest BCUT2D eigenvalue weighted by molar-refractivity contribution is -0.295. The number of nitriles is 1. The van der Waals surface area contributed by atoms with E-state index in [0.29, 0.717) is 41.0 Å². The van der Waals surface area contributed by atoms with E-state index in [9.17, 15) is 36.4 Å². The molecule has 0 saturated carbocycles. The van der Waals surface area contributed by atoms with Gasteiger partial charge in [0, 0.05) is 11.3 Å². The van der Waals surface area contributed by atoms with Crippen LogP contribution in [0.4, 0.5) is 31.3 Å². The summed E-state index contributed by atoms with van der Waals surface area (Å²) in [6.45, 7) is 1.14. The van der Waals surface area contributed by atoms with Gasteiger partial charge in [0.25, 0.3) is 0 Å².